The highest BCUT2D eigenvalue weighted by Gasteiger charge is 2.30. The molecule has 0 bridgehead atoms. The second-order valence-electron chi connectivity index (χ2n) is 11.8. The molecule has 2 aromatic heterocycles. The number of methoxy groups -OCH3 is 1. The molecule has 2 amide bonds. The Morgan fingerprint density at radius 2 is 1.80 bits per heavy atom. The molecule has 12 heteroatoms. The summed E-state index contributed by atoms with van der Waals surface area (Å²) in [6.45, 7) is 2.56. The maximum Gasteiger partial charge on any atom is 0.330 e. The Labute approximate surface area is 270 Å². The number of aromatic nitrogens is 3. The average molecular weight is 643 g/mol. The van der Waals surface area contributed by atoms with Crippen LogP contribution < -0.4 is 31.9 Å². The predicted octanol–water partition coefficient (Wildman–Crippen LogP) is 3.89. The molecular formula is C34H35ClN6O5. The molecule has 0 spiro atoms. The van der Waals surface area contributed by atoms with Gasteiger partial charge in [-0.05, 0) is 55.0 Å². The smallest absolute Gasteiger partial charge is 0.330 e. The van der Waals surface area contributed by atoms with Crippen molar-refractivity contribution < 1.29 is 14.3 Å². The zero-order chi connectivity index (χ0) is 32.7. The van der Waals surface area contributed by atoms with Crippen LogP contribution >= 0.6 is 11.6 Å². The fourth-order valence-electron chi connectivity index (χ4n) is 6.37. The van der Waals surface area contributed by atoms with Crippen LogP contribution in [0.25, 0.3) is 22.4 Å². The fraction of sp³-hybridized carbons (Fsp3) is 0.324. The van der Waals surface area contributed by atoms with E-state index >= 15 is 0 Å². The first kappa shape index (κ1) is 31.3. The van der Waals surface area contributed by atoms with Gasteiger partial charge < -0.3 is 25.3 Å². The average Bonchev–Trinajstić information content (AvgIpc) is 3.66. The second-order valence-corrected chi connectivity index (χ2v) is 12.2. The van der Waals surface area contributed by atoms with E-state index in [0.29, 0.717) is 35.2 Å². The zero-order valence-corrected chi connectivity index (χ0v) is 26.8. The topological polar surface area (TPSA) is 136 Å². The van der Waals surface area contributed by atoms with E-state index in [2.05, 4.69) is 22.0 Å². The highest BCUT2D eigenvalue weighted by molar-refractivity contribution is 6.36. The zero-order valence-electron chi connectivity index (χ0n) is 26.1. The van der Waals surface area contributed by atoms with Gasteiger partial charge in [-0.1, -0.05) is 41.9 Å². The number of carbonyl (C=O) groups is 2. The summed E-state index contributed by atoms with van der Waals surface area (Å²) in [6.07, 6.45) is 4.39. The Balaban J connectivity index is 1.29. The molecule has 2 aromatic carbocycles. The third-order valence-electron chi connectivity index (χ3n) is 8.89. The first-order valence-electron chi connectivity index (χ1n) is 15.1. The number of pyridine rings is 1. The van der Waals surface area contributed by atoms with E-state index in [4.69, 9.17) is 21.3 Å². The maximum atomic E-state index is 13.1. The number of halogens is 1. The van der Waals surface area contributed by atoms with Crippen LogP contribution in [0.5, 0.6) is 5.88 Å². The third kappa shape index (κ3) is 5.72. The summed E-state index contributed by atoms with van der Waals surface area (Å²) in [4.78, 5) is 54.4. The minimum Gasteiger partial charge on any atom is -0.481 e. The molecule has 0 saturated carbocycles. The van der Waals surface area contributed by atoms with E-state index in [1.807, 2.05) is 31.2 Å². The number of nitrogens with zero attached hydrogens (tertiary/aromatic N) is 3. The molecule has 4 aromatic rings. The van der Waals surface area contributed by atoms with Crippen LogP contribution in [-0.2, 0) is 25.3 Å². The van der Waals surface area contributed by atoms with Crippen molar-refractivity contribution in [2.75, 3.05) is 19.0 Å². The van der Waals surface area contributed by atoms with Gasteiger partial charge >= 0.3 is 5.69 Å². The molecule has 1 aliphatic heterocycles. The predicted molar refractivity (Wildman–Crippen MR) is 177 cm³/mol. The number of hydrogen-bond donors (Lipinski definition) is 3. The lowest BCUT2D eigenvalue weighted by Gasteiger charge is -2.20. The highest BCUT2D eigenvalue weighted by atomic mass is 35.5. The van der Waals surface area contributed by atoms with E-state index in [1.165, 1.54) is 24.9 Å². The van der Waals surface area contributed by atoms with Gasteiger partial charge in [0.2, 0.25) is 11.8 Å². The van der Waals surface area contributed by atoms with Gasteiger partial charge in [0.15, 0.2) is 0 Å². The first-order valence-corrected chi connectivity index (χ1v) is 15.5. The van der Waals surface area contributed by atoms with Crippen LogP contribution in [-0.4, -0.2) is 45.6 Å². The monoisotopic (exact) mass is 642 g/mol. The number of benzene rings is 2. The minimum atomic E-state index is -0.674. The van der Waals surface area contributed by atoms with Crippen LogP contribution in [0.2, 0.25) is 5.02 Å². The molecular weight excluding hydrogens is 608 g/mol. The van der Waals surface area contributed by atoms with Gasteiger partial charge in [0.25, 0.3) is 11.5 Å². The highest BCUT2D eigenvalue weighted by Crippen LogP contribution is 2.43. The molecule has 1 aliphatic carbocycles. The van der Waals surface area contributed by atoms with Crippen molar-refractivity contribution in [3.63, 3.8) is 0 Å². The van der Waals surface area contributed by atoms with E-state index < -0.39 is 17.2 Å². The number of fused-ring (bicyclic) bond motifs is 1. The van der Waals surface area contributed by atoms with Gasteiger partial charge in [-0.25, -0.2) is 9.78 Å². The Hall–Kier alpha value is -4.74. The van der Waals surface area contributed by atoms with Gasteiger partial charge in [-0.15, -0.1) is 0 Å². The number of rotatable bonds is 8. The Kier molecular flexibility index (Phi) is 8.54. The van der Waals surface area contributed by atoms with Crippen LogP contribution in [0.4, 0.5) is 5.69 Å². The van der Waals surface area contributed by atoms with Gasteiger partial charge in [0, 0.05) is 67.7 Å². The largest absolute Gasteiger partial charge is 0.481 e. The van der Waals surface area contributed by atoms with Crippen LogP contribution in [0.3, 0.4) is 0 Å². The lowest BCUT2D eigenvalue weighted by molar-refractivity contribution is -0.119. The molecule has 3 N–H and O–H groups in total. The molecule has 1 fully saturated rings. The van der Waals surface area contributed by atoms with E-state index in [0.717, 1.165) is 57.2 Å². The molecule has 0 radical (unpaired) electrons. The maximum absolute atomic E-state index is 13.1. The number of aryl methyl sites for hydroxylation is 2. The van der Waals surface area contributed by atoms with Crippen molar-refractivity contribution in [2.45, 2.75) is 44.7 Å². The van der Waals surface area contributed by atoms with Gasteiger partial charge in [-0.3, -0.25) is 19.0 Å². The molecule has 1 saturated heterocycles. The summed E-state index contributed by atoms with van der Waals surface area (Å²) in [5.41, 5.74) is 5.09. The first-order chi connectivity index (χ1) is 22.1. The standard InChI is InChI=1S/C34H35ClN6O5/c1-18-21(7-6-10-25(18)38-31(43)24-17-40(2)34(45)41(3)33(24)44)22-8-5-9-23(30(22)35)27-15-19-11-13-26(29(19)32(39-27)46-4)36-16-20-12-14-28(42)37-20/h5-10,15,17,20,26,36H,11-14,16H2,1-4H3,(H,37,42)(H,38,43)/t20?,26-/m0/s1. The number of nitrogens with one attached hydrogen (secondary N) is 3. The summed E-state index contributed by atoms with van der Waals surface area (Å²) in [6, 6.07) is 13.5. The Morgan fingerprint density at radius 3 is 2.54 bits per heavy atom. The SMILES string of the molecule is COc1nc(-c2cccc(-c3cccc(NC(=O)c4cn(C)c(=O)n(C)c4=O)c3C)c2Cl)cc2c1[C@@H](NCC1CCC(=O)N1)CC2. The fourth-order valence-corrected chi connectivity index (χ4v) is 6.70. The van der Waals surface area contributed by atoms with Crippen molar-refractivity contribution >= 4 is 29.1 Å². The summed E-state index contributed by atoms with van der Waals surface area (Å²) < 4.78 is 7.88. The van der Waals surface area contributed by atoms with Crippen molar-refractivity contribution in [2.24, 2.45) is 14.1 Å². The molecule has 238 valence electrons. The van der Waals surface area contributed by atoms with Crippen LogP contribution in [0.15, 0.2) is 58.3 Å². The molecule has 1 unspecified atom stereocenters. The van der Waals surface area contributed by atoms with Gasteiger partial charge in [0.05, 0.1) is 17.8 Å². The van der Waals surface area contributed by atoms with Crippen molar-refractivity contribution in [1.82, 2.24) is 24.8 Å². The third-order valence-corrected chi connectivity index (χ3v) is 9.29. The number of ether oxygens (including phenoxy) is 1. The lowest BCUT2D eigenvalue weighted by Crippen LogP contribution is -2.40. The number of amides is 2. The van der Waals surface area contributed by atoms with E-state index in [1.54, 1.807) is 19.2 Å². The quantitative estimate of drug-likeness (QED) is 0.265. The van der Waals surface area contributed by atoms with Crippen LogP contribution in [0, 0.1) is 6.92 Å². The summed E-state index contributed by atoms with van der Waals surface area (Å²) in [5, 5.41) is 9.94. The van der Waals surface area contributed by atoms with Gasteiger partial charge in [-0.2, -0.15) is 0 Å². The van der Waals surface area contributed by atoms with Crippen molar-refractivity contribution in [3.05, 3.63) is 96.8 Å². The summed E-state index contributed by atoms with van der Waals surface area (Å²) in [7, 11) is 4.44. The number of anilines is 1. The number of hydrogen-bond acceptors (Lipinski definition) is 7. The summed E-state index contributed by atoms with van der Waals surface area (Å²) >= 11 is 7.09. The molecule has 2 aliphatic rings. The number of carbonyl (C=O) groups excluding carboxylic acids is 2. The molecule has 2 atom stereocenters. The molecule has 11 nitrogen and oxygen atoms in total. The second kappa shape index (κ2) is 12.6. The molecule has 6 rings (SSSR count). The normalized spacial score (nSPS) is 17.1. The molecule has 46 heavy (non-hydrogen) atoms. The summed E-state index contributed by atoms with van der Waals surface area (Å²) in [5.74, 6) is 0.0260. The van der Waals surface area contributed by atoms with Crippen LogP contribution in [0.1, 0.15) is 52.4 Å². The van der Waals surface area contributed by atoms with Crippen molar-refractivity contribution in [3.8, 4) is 28.3 Å². The minimum absolute atomic E-state index is 0.0763. The van der Waals surface area contributed by atoms with E-state index in [-0.39, 0.29) is 23.6 Å². The lowest BCUT2D eigenvalue weighted by atomic mass is 9.96. The van der Waals surface area contributed by atoms with E-state index in [9.17, 15) is 19.2 Å². The van der Waals surface area contributed by atoms with Crippen molar-refractivity contribution in [1.29, 1.82) is 0 Å². The molecule has 3 heterocycles. The van der Waals surface area contributed by atoms with Gasteiger partial charge in [0.1, 0.15) is 5.56 Å². The Bertz CT molecular complexity index is 2000. The Morgan fingerprint density at radius 1 is 1.07 bits per heavy atom.